The first-order valence-corrected chi connectivity index (χ1v) is 6.80. The fourth-order valence-corrected chi connectivity index (χ4v) is 1.37. The summed E-state index contributed by atoms with van der Waals surface area (Å²) in [6.45, 7) is 5.64. The first kappa shape index (κ1) is 16.1. The topological polar surface area (TPSA) is 69.6 Å². The molecule has 100 valence electrons. The number of hydrogen-bond donors (Lipinski definition) is 2. The predicted molar refractivity (Wildman–Crippen MR) is 70.5 cm³/mol. The molecule has 0 heterocycles. The van der Waals surface area contributed by atoms with Crippen LogP contribution in [0.15, 0.2) is 0 Å². The molecule has 0 aliphatic carbocycles. The van der Waals surface area contributed by atoms with Crippen LogP contribution in [0.3, 0.4) is 0 Å². The minimum Gasteiger partial charge on any atom is -0.480 e. The molecule has 0 spiro atoms. The number of carboxylic acid groups (broad SMARTS) is 1. The first-order valence-electron chi connectivity index (χ1n) is 5.51. The van der Waals surface area contributed by atoms with Crippen molar-refractivity contribution in [3.63, 3.8) is 0 Å². The van der Waals surface area contributed by atoms with Crippen molar-refractivity contribution in [1.29, 1.82) is 0 Å². The maximum atomic E-state index is 11.7. The Morgan fingerprint density at radius 3 is 2.41 bits per heavy atom. The quantitative estimate of drug-likeness (QED) is 0.763. The van der Waals surface area contributed by atoms with Crippen LogP contribution in [0.25, 0.3) is 0 Å². The van der Waals surface area contributed by atoms with Gasteiger partial charge in [0.2, 0.25) is 0 Å². The standard InChI is InChI=1S/C11H22N2O3S/c1-8(17-5)6-7-12-10(16)13(4)11(2,3)9(14)15/h8H,6-7H2,1-5H3,(H,12,16)(H,14,15). The lowest BCUT2D eigenvalue weighted by atomic mass is 10.1. The number of rotatable bonds is 6. The van der Waals surface area contributed by atoms with Crippen LogP contribution in [0.4, 0.5) is 4.79 Å². The predicted octanol–water partition coefficient (Wildman–Crippen LogP) is 1.63. The Morgan fingerprint density at radius 1 is 1.47 bits per heavy atom. The van der Waals surface area contributed by atoms with Crippen LogP contribution in [0.5, 0.6) is 0 Å². The average molecular weight is 262 g/mol. The fraction of sp³-hybridized carbons (Fsp3) is 0.818. The number of nitrogens with zero attached hydrogens (tertiary/aromatic N) is 1. The highest BCUT2D eigenvalue weighted by Crippen LogP contribution is 2.12. The van der Waals surface area contributed by atoms with Crippen LogP contribution in [0, 0.1) is 0 Å². The SMILES string of the molecule is CSC(C)CCNC(=O)N(C)C(C)(C)C(=O)O. The molecule has 0 fully saturated rings. The minimum atomic E-state index is -1.20. The van der Waals surface area contributed by atoms with Gasteiger partial charge in [0.05, 0.1) is 0 Å². The monoisotopic (exact) mass is 262 g/mol. The number of thioether (sulfide) groups is 1. The van der Waals surface area contributed by atoms with E-state index in [9.17, 15) is 9.59 Å². The Kier molecular flexibility index (Phi) is 6.37. The summed E-state index contributed by atoms with van der Waals surface area (Å²) in [6.07, 6.45) is 2.89. The van der Waals surface area contributed by atoms with Gasteiger partial charge in [-0.15, -0.1) is 0 Å². The zero-order valence-electron chi connectivity index (χ0n) is 11.1. The van der Waals surface area contributed by atoms with Crippen LogP contribution >= 0.6 is 11.8 Å². The Labute approximate surface area is 107 Å². The third kappa shape index (κ3) is 4.85. The lowest BCUT2D eigenvalue weighted by molar-refractivity contribution is -0.146. The normalized spacial score (nSPS) is 13.0. The van der Waals surface area contributed by atoms with Gasteiger partial charge < -0.3 is 15.3 Å². The number of carboxylic acids is 1. The van der Waals surface area contributed by atoms with Crippen LogP contribution in [0.2, 0.25) is 0 Å². The fourth-order valence-electron chi connectivity index (χ4n) is 1.02. The Hall–Kier alpha value is -0.910. The molecule has 1 atom stereocenters. The maximum absolute atomic E-state index is 11.7. The van der Waals surface area contributed by atoms with E-state index >= 15 is 0 Å². The van der Waals surface area contributed by atoms with Gasteiger partial charge in [0.1, 0.15) is 5.54 Å². The first-order chi connectivity index (χ1) is 7.73. The van der Waals surface area contributed by atoms with E-state index in [0.717, 1.165) is 6.42 Å². The molecule has 0 aliphatic heterocycles. The molecule has 0 saturated carbocycles. The van der Waals surface area contributed by atoms with E-state index in [1.165, 1.54) is 25.8 Å². The average Bonchev–Trinajstić information content (AvgIpc) is 2.27. The molecule has 2 N–H and O–H groups in total. The summed E-state index contributed by atoms with van der Waals surface area (Å²) >= 11 is 1.74. The summed E-state index contributed by atoms with van der Waals surface area (Å²) in [5.41, 5.74) is -1.20. The third-order valence-electron chi connectivity index (χ3n) is 2.90. The number of hydrogen-bond acceptors (Lipinski definition) is 3. The van der Waals surface area contributed by atoms with Crippen LogP contribution < -0.4 is 5.32 Å². The van der Waals surface area contributed by atoms with E-state index in [1.807, 2.05) is 6.26 Å². The summed E-state index contributed by atoms with van der Waals surface area (Å²) in [5, 5.41) is 12.2. The van der Waals surface area contributed by atoms with Crippen LogP contribution in [-0.4, -0.2) is 52.6 Å². The molecule has 0 aromatic rings. The second kappa shape index (κ2) is 6.74. The number of carbonyl (C=O) groups excluding carboxylic acids is 1. The largest absolute Gasteiger partial charge is 0.480 e. The van der Waals surface area contributed by atoms with E-state index in [-0.39, 0.29) is 6.03 Å². The number of amides is 2. The maximum Gasteiger partial charge on any atom is 0.329 e. The molecule has 0 saturated heterocycles. The summed E-state index contributed by atoms with van der Waals surface area (Å²) in [7, 11) is 1.49. The molecule has 17 heavy (non-hydrogen) atoms. The lowest BCUT2D eigenvalue weighted by Crippen LogP contribution is -2.54. The minimum absolute atomic E-state index is 0.356. The van der Waals surface area contributed by atoms with Crippen molar-refractivity contribution in [3.05, 3.63) is 0 Å². The summed E-state index contributed by atoms with van der Waals surface area (Å²) in [6, 6.07) is -0.356. The highest BCUT2D eigenvalue weighted by molar-refractivity contribution is 7.99. The van der Waals surface area contributed by atoms with Crippen molar-refractivity contribution in [2.24, 2.45) is 0 Å². The van der Waals surface area contributed by atoms with Gasteiger partial charge in [-0.1, -0.05) is 6.92 Å². The van der Waals surface area contributed by atoms with Crippen molar-refractivity contribution in [2.45, 2.75) is 38.0 Å². The second-order valence-electron chi connectivity index (χ2n) is 4.49. The molecule has 6 heteroatoms. The summed E-state index contributed by atoms with van der Waals surface area (Å²) in [5.74, 6) is -1.02. The molecular weight excluding hydrogens is 240 g/mol. The van der Waals surface area contributed by atoms with Crippen molar-refractivity contribution in [3.8, 4) is 0 Å². The molecule has 0 aromatic heterocycles. The molecule has 0 aliphatic rings. The Balaban J connectivity index is 4.20. The van der Waals surface area contributed by atoms with Crippen molar-refractivity contribution < 1.29 is 14.7 Å². The van der Waals surface area contributed by atoms with Gasteiger partial charge in [0.15, 0.2) is 0 Å². The zero-order chi connectivity index (χ0) is 13.6. The molecular formula is C11H22N2O3S. The van der Waals surface area contributed by atoms with Gasteiger partial charge in [0, 0.05) is 18.8 Å². The van der Waals surface area contributed by atoms with Crippen LogP contribution in [-0.2, 0) is 4.79 Å². The van der Waals surface area contributed by atoms with Gasteiger partial charge in [0.25, 0.3) is 0 Å². The van der Waals surface area contributed by atoms with Gasteiger partial charge in [-0.05, 0) is 26.5 Å². The van der Waals surface area contributed by atoms with E-state index < -0.39 is 11.5 Å². The Bertz CT molecular complexity index is 282. The summed E-state index contributed by atoms with van der Waals surface area (Å²) < 4.78 is 0. The molecule has 1 unspecified atom stereocenters. The van der Waals surface area contributed by atoms with Gasteiger partial charge in [-0.2, -0.15) is 11.8 Å². The number of carbonyl (C=O) groups is 2. The molecule has 0 rings (SSSR count). The van der Waals surface area contributed by atoms with Crippen molar-refractivity contribution in [2.75, 3.05) is 19.8 Å². The highest BCUT2D eigenvalue weighted by atomic mass is 32.2. The van der Waals surface area contributed by atoms with Crippen molar-refractivity contribution >= 4 is 23.8 Å². The van der Waals surface area contributed by atoms with E-state index in [0.29, 0.717) is 11.8 Å². The lowest BCUT2D eigenvalue weighted by Gasteiger charge is -2.31. The zero-order valence-corrected chi connectivity index (χ0v) is 11.9. The third-order valence-corrected chi connectivity index (χ3v) is 3.94. The molecule has 0 radical (unpaired) electrons. The van der Waals surface area contributed by atoms with E-state index in [1.54, 1.807) is 11.8 Å². The molecule has 2 amide bonds. The van der Waals surface area contributed by atoms with E-state index in [2.05, 4.69) is 12.2 Å². The second-order valence-corrected chi connectivity index (χ2v) is 5.77. The highest BCUT2D eigenvalue weighted by Gasteiger charge is 2.35. The smallest absolute Gasteiger partial charge is 0.329 e. The van der Waals surface area contributed by atoms with Crippen molar-refractivity contribution in [1.82, 2.24) is 10.2 Å². The van der Waals surface area contributed by atoms with Crippen LogP contribution in [0.1, 0.15) is 27.2 Å². The molecule has 5 nitrogen and oxygen atoms in total. The summed E-state index contributed by atoms with van der Waals surface area (Å²) in [4.78, 5) is 23.9. The van der Waals surface area contributed by atoms with Gasteiger partial charge in [-0.3, -0.25) is 0 Å². The molecule has 0 aromatic carbocycles. The number of urea groups is 1. The van der Waals surface area contributed by atoms with E-state index in [4.69, 9.17) is 5.11 Å². The molecule has 0 bridgehead atoms. The number of nitrogens with one attached hydrogen (secondary N) is 1. The number of likely N-dealkylation sites (N-methyl/N-ethyl adjacent to an activating group) is 1. The van der Waals surface area contributed by atoms with Gasteiger partial charge in [-0.25, -0.2) is 9.59 Å². The number of aliphatic carboxylic acids is 1. The van der Waals surface area contributed by atoms with Gasteiger partial charge >= 0.3 is 12.0 Å². The Morgan fingerprint density at radius 2 is 2.00 bits per heavy atom.